The molecule has 0 aliphatic carbocycles. The first-order valence-electron chi connectivity index (χ1n) is 9.85. The molecule has 0 unspecified atom stereocenters. The van der Waals surface area contributed by atoms with Gasteiger partial charge in [0.25, 0.3) is 5.91 Å². The Kier molecular flexibility index (Phi) is 7.51. The predicted octanol–water partition coefficient (Wildman–Crippen LogP) is 4.37. The van der Waals surface area contributed by atoms with E-state index < -0.39 is 12.1 Å². The van der Waals surface area contributed by atoms with Crippen molar-refractivity contribution in [2.75, 3.05) is 12.4 Å². The zero-order valence-electron chi connectivity index (χ0n) is 18.1. The normalized spacial score (nSPS) is 11.0. The van der Waals surface area contributed by atoms with Crippen molar-refractivity contribution in [3.05, 3.63) is 71.7 Å². The second-order valence-corrected chi connectivity index (χ2v) is 8.02. The topological polar surface area (TPSA) is 109 Å². The van der Waals surface area contributed by atoms with E-state index in [1.165, 1.54) is 16.9 Å². The largest absolute Gasteiger partial charge is 0.490 e. The van der Waals surface area contributed by atoms with Crippen LogP contribution in [0, 0.1) is 6.92 Å². The lowest BCUT2D eigenvalue weighted by molar-refractivity contribution is -0.192. The van der Waals surface area contributed by atoms with Crippen molar-refractivity contribution >= 4 is 33.9 Å². The minimum absolute atomic E-state index is 0.191. The number of imidazole rings is 1. The number of benzene rings is 1. The zero-order valence-corrected chi connectivity index (χ0v) is 18.9. The molecule has 3 aromatic heterocycles. The highest BCUT2D eigenvalue weighted by atomic mass is 32.1. The van der Waals surface area contributed by atoms with Gasteiger partial charge in [-0.25, -0.2) is 14.8 Å². The van der Waals surface area contributed by atoms with E-state index in [0.717, 1.165) is 21.1 Å². The maximum Gasteiger partial charge on any atom is 0.490 e. The Balaban J connectivity index is 0.000000406. The van der Waals surface area contributed by atoms with Crippen LogP contribution in [0.4, 0.5) is 18.3 Å². The summed E-state index contributed by atoms with van der Waals surface area (Å²) in [6.45, 7) is 2.50. The smallest absolute Gasteiger partial charge is 0.475 e. The molecule has 0 saturated heterocycles. The number of aliphatic carboxylic acids is 1. The van der Waals surface area contributed by atoms with Crippen molar-refractivity contribution in [3.63, 3.8) is 0 Å². The zero-order chi connectivity index (χ0) is 24.9. The van der Waals surface area contributed by atoms with E-state index in [4.69, 9.17) is 9.90 Å². The first kappa shape index (κ1) is 24.7. The molecule has 3 N–H and O–H groups in total. The van der Waals surface area contributed by atoms with Crippen molar-refractivity contribution in [2.45, 2.75) is 19.6 Å². The van der Waals surface area contributed by atoms with Gasteiger partial charge in [-0.1, -0.05) is 47.2 Å². The maximum absolute atomic E-state index is 12.8. The van der Waals surface area contributed by atoms with Crippen LogP contribution in [0.3, 0.4) is 0 Å². The molecule has 1 aromatic carbocycles. The highest BCUT2D eigenvalue weighted by Crippen LogP contribution is 2.29. The number of rotatable bonds is 5. The second kappa shape index (κ2) is 10.3. The van der Waals surface area contributed by atoms with Crippen LogP contribution in [-0.2, 0) is 11.3 Å². The average molecular weight is 491 g/mol. The van der Waals surface area contributed by atoms with Gasteiger partial charge in [-0.2, -0.15) is 13.2 Å². The standard InChI is InChI=1S/C20H19N5OS.C2HF3O2/c1-13-6-8-14(9-7-13)11-22-19(26)17-15-5-3-4-10-25(15)18(24-17)16-12-23-20(21-2)27-16;3-2(4,5)1(6)7/h3-10,12H,11H2,1-2H3,(H,21,23)(H,22,26);(H,6,7). The summed E-state index contributed by atoms with van der Waals surface area (Å²) in [5.74, 6) is -2.23. The summed E-state index contributed by atoms with van der Waals surface area (Å²) in [7, 11) is 1.83. The lowest BCUT2D eigenvalue weighted by atomic mass is 10.1. The molecule has 34 heavy (non-hydrogen) atoms. The molecule has 178 valence electrons. The van der Waals surface area contributed by atoms with Gasteiger partial charge in [-0.15, -0.1) is 0 Å². The van der Waals surface area contributed by atoms with Crippen molar-refractivity contribution < 1.29 is 27.9 Å². The summed E-state index contributed by atoms with van der Waals surface area (Å²) in [5, 5.41) is 13.9. The van der Waals surface area contributed by atoms with Crippen molar-refractivity contribution in [3.8, 4) is 10.7 Å². The third kappa shape index (κ3) is 5.90. The van der Waals surface area contributed by atoms with Gasteiger partial charge in [-0.3, -0.25) is 9.20 Å². The molecule has 4 rings (SSSR count). The van der Waals surface area contributed by atoms with Gasteiger partial charge in [0.1, 0.15) is 0 Å². The molecule has 0 atom stereocenters. The number of carboxylic acid groups (broad SMARTS) is 1. The summed E-state index contributed by atoms with van der Waals surface area (Å²) in [5.41, 5.74) is 3.43. The van der Waals surface area contributed by atoms with Gasteiger partial charge < -0.3 is 15.7 Å². The summed E-state index contributed by atoms with van der Waals surface area (Å²) in [4.78, 5) is 31.5. The van der Waals surface area contributed by atoms with Gasteiger partial charge >= 0.3 is 12.1 Å². The number of carbonyl (C=O) groups is 2. The summed E-state index contributed by atoms with van der Waals surface area (Å²) in [6.07, 6.45) is -1.40. The fourth-order valence-electron chi connectivity index (χ4n) is 2.84. The highest BCUT2D eigenvalue weighted by Gasteiger charge is 2.38. The summed E-state index contributed by atoms with van der Waals surface area (Å²) < 4.78 is 33.7. The van der Waals surface area contributed by atoms with Crippen LogP contribution in [0.1, 0.15) is 21.6 Å². The number of anilines is 1. The predicted molar refractivity (Wildman–Crippen MR) is 122 cm³/mol. The minimum Gasteiger partial charge on any atom is -0.475 e. The van der Waals surface area contributed by atoms with Crippen LogP contribution < -0.4 is 10.6 Å². The molecule has 3 heterocycles. The Morgan fingerprint density at radius 3 is 2.41 bits per heavy atom. The molecule has 0 radical (unpaired) electrons. The number of hydrogen-bond acceptors (Lipinski definition) is 6. The number of fused-ring (bicyclic) bond motifs is 1. The van der Waals surface area contributed by atoms with Gasteiger partial charge in [0.2, 0.25) is 0 Å². The van der Waals surface area contributed by atoms with Crippen molar-refractivity contribution in [2.24, 2.45) is 0 Å². The molecule has 0 saturated carbocycles. The van der Waals surface area contributed by atoms with Crippen LogP contribution in [-0.4, -0.2) is 44.6 Å². The summed E-state index contributed by atoms with van der Waals surface area (Å²) in [6, 6.07) is 13.8. The second-order valence-electron chi connectivity index (χ2n) is 6.99. The first-order chi connectivity index (χ1) is 16.1. The van der Waals surface area contributed by atoms with E-state index in [0.29, 0.717) is 18.1 Å². The molecule has 8 nitrogen and oxygen atoms in total. The molecular weight excluding hydrogens is 471 g/mol. The fourth-order valence-corrected chi connectivity index (χ4v) is 3.60. The van der Waals surface area contributed by atoms with E-state index in [2.05, 4.69) is 20.6 Å². The van der Waals surface area contributed by atoms with Gasteiger partial charge in [0.05, 0.1) is 16.6 Å². The number of pyridine rings is 1. The number of nitrogens with one attached hydrogen (secondary N) is 2. The Labute approximate surface area is 196 Å². The van der Waals surface area contributed by atoms with Crippen LogP contribution >= 0.6 is 11.3 Å². The van der Waals surface area contributed by atoms with E-state index in [1.807, 2.05) is 67.0 Å². The Morgan fingerprint density at radius 1 is 1.15 bits per heavy atom. The maximum atomic E-state index is 12.8. The monoisotopic (exact) mass is 491 g/mol. The van der Waals surface area contributed by atoms with E-state index in [9.17, 15) is 18.0 Å². The lowest BCUT2D eigenvalue weighted by Gasteiger charge is -2.04. The molecule has 4 aromatic rings. The quantitative estimate of drug-likeness (QED) is 0.383. The molecular formula is C22H20F3N5O3S. The Bertz CT molecular complexity index is 1300. The number of amides is 1. The van der Waals surface area contributed by atoms with E-state index >= 15 is 0 Å². The van der Waals surface area contributed by atoms with Crippen LogP contribution in [0.5, 0.6) is 0 Å². The number of halogens is 3. The van der Waals surface area contributed by atoms with Crippen molar-refractivity contribution in [1.82, 2.24) is 19.7 Å². The van der Waals surface area contributed by atoms with Gasteiger partial charge in [0, 0.05) is 19.8 Å². The first-order valence-corrected chi connectivity index (χ1v) is 10.7. The third-order valence-corrected chi connectivity index (χ3v) is 5.53. The van der Waals surface area contributed by atoms with Gasteiger partial charge in [0.15, 0.2) is 16.6 Å². The molecule has 0 spiro atoms. The number of nitrogens with zero attached hydrogens (tertiary/aromatic N) is 3. The average Bonchev–Trinajstić information content (AvgIpc) is 3.43. The number of alkyl halides is 3. The number of hydrogen-bond donors (Lipinski definition) is 3. The molecule has 1 amide bonds. The Morgan fingerprint density at radius 2 is 1.82 bits per heavy atom. The van der Waals surface area contributed by atoms with Gasteiger partial charge in [-0.05, 0) is 24.6 Å². The van der Waals surface area contributed by atoms with Crippen LogP contribution in [0.2, 0.25) is 0 Å². The number of thiazole rings is 1. The molecule has 0 bridgehead atoms. The molecule has 0 aliphatic rings. The van der Waals surface area contributed by atoms with Crippen molar-refractivity contribution in [1.29, 1.82) is 0 Å². The fraction of sp³-hybridized carbons (Fsp3) is 0.182. The number of carboxylic acids is 1. The van der Waals surface area contributed by atoms with E-state index in [-0.39, 0.29) is 5.91 Å². The lowest BCUT2D eigenvalue weighted by Crippen LogP contribution is -2.23. The SMILES string of the molecule is CNc1ncc(-c2nc(C(=O)NCc3ccc(C)cc3)c3ccccn23)s1.O=C(O)C(F)(F)F. The minimum atomic E-state index is -5.08. The molecule has 0 fully saturated rings. The molecule has 12 heteroatoms. The highest BCUT2D eigenvalue weighted by molar-refractivity contribution is 7.18. The number of aryl methyl sites for hydroxylation is 1. The summed E-state index contributed by atoms with van der Waals surface area (Å²) >= 11 is 1.50. The van der Waals surface area contributed by atoms with Crippen LogP contribution in [0.25, 0.3) is 16.2 Å². The van der Waals surface area contributed by atoms with E-state index in [1.54, 1.807) is 6.20 Å². The van der Waals surface area contributed by atoms with Crippen LogP contribution in [0.15, 0.2) is 54.9 Å². The third-order valence-electron chi connectivity index (χ3n) is 4.52. The number of aromatic nitrogens is 3. The number of carbonyl (C=O) groups excluding carboxylic acids is 1. The molecule has 0 aliphatic heterocycles. The Hall–Kier alpha value is -3.93.